The monoisotopic (exact) mass is 368 g/mol. The van der Waals surface area contributed by atoms with Gasteiger partial charge in [0.25, 0.3) is 5.91 Å². The van der Waals surface area contributed by atoms with Crippen LogP contribution in [-0.2, 0) is 18.3 Å². The quantitative estimate of drug-likeness (QED) is 0.899. The normalized spacial score (nSPS) is 21.6. The third-order valence-electron chi connectivity index (χ3n) is 6.16. The Hall–Kier alpha value is -2.44. The highest BCUT2D eigenvalue weighted by Gasteiger charge is 2.45. The first-order valence-corrected chi connectivity index (χ1v) is 9.82. The van der Waals surface area contributed by atoms with Gasteiger partial charge in [0.1, 0.15) is 0 Å². The van der Waals surface area contributed by atoms with Crippen LogP contribution in [0.2, 0.25) is 0 Å². The first-order chi connectivity index (χ1) is 12.9. The van der Waals surface area contributed by atoms with Crippen LogP contribution in [0.4, 0.5) is 5.95 Å². The van der Waals surface area contributed by atoms with E-state index in [9.17, 15) is 4.79 Å². The van der Waals surface area contributed by atoms with Gasteiger partial charge in [-0.3, -0.25) is 9.89 Å². The highest BCUT2D eigenvalue weighted by molar-refractivity contribution is 5.94. The third-order valence-corrected chi connectivity index (χ3v) is 6.16. The number of hydrogen-bond acceptors (Lipinski definition) is 5. The summed E-state index contributed by atoms with van der Waals surface area (Å²) in [6.45, 7) is 5.56. The molecule has 1 aliphatic heterocycles. The number of aryl methyl sites for hydroxylation is 2. The minimum Gasteiger partial charge on any atom is -0.347 e. The molecule has 1 unspecified atom stereocenters. The van der Waals surface area contributed by atoms with Crippen LogP contribution in [0, 0.1) is 6.92 Å². The van der Waals surface area contributed by atoms with Crippen molar-refractivity contribution in [3.63, 3.8) is 0 Å². The van der Waals surface area contributed by atoms with Gasteiger partial charge in [-0.15, -0.1) is 0 Å². The second-order valence-electron chi connectivity index (χ2n) is 8.08. The summed E-state index contributed by atoms with van der Waals surface area (Å²) in [5.74, 6) is 0.784. The van der Waals surface area contributed by atoms with Crippen molar-refractivity contribution < 1.29 is 4.79 Å². The number of piperidine rings is 1. The molecule has 1 fully saturated rings. The van der Waals surface area contributed by atoms with Gasteiger partial charge in [0, 0.05) is 50.1 Å². The largest absolute Gasteiger partial charge is 0.347 e. The molecule has 2 aromatic heterocycles. The molecule has 2 aliphatic rings. The van der Waals surface area contributed by atoms with Crippen molar-refractivity contribution in [1.82, 2.24) is 25.1 Å². The summed E-state index contributed by atoms with van der Waals surface area (Å²) in [6, 6.07) is 0. The minimum atomic E-state index is -0.0469. The predicted molar refractivity (Wildman–Crippen MR) is 104 cm³/mol. The molecular formula is C20H28N6O. The van der Waals surface area contributed by atoms with Crippen molar-refractivity contribution in [2.45, 2.75) is 51.4 Å². The number of H-pyrrole nitrogens is 1. The molecular weight excluding hydrogens is 340 g/mol. The number of carbonyl (C=O) groups excluding carboxylic acids is 1. The number of aromatic amines is 1. The Bertz CT molecular complexity index is 869. The molecule has 1 amide bonds. The average molecular weight is 368 g/mol. The van der Waals surface area contributed by atoms with Gasteiger partial charge in [-0.2, -0.15) is 5.10 Å². The molecule has 1 aliphatic carbocycles. The van der Waals surface area contributed by atoms with E-state index in [1.165, 1.54) is 5.56 Å². The molecule has 1 spiro atoms. The number of amides is 1. The van der Waals surface area contributed by atoms with Crippen LogP contribution in [0.25, 0.3) is 0 Å². The van der Waals surface area contributed by atoms with Crippen molar-refractivity contribution in [3.8, 4) is 0 Å². The van der Waals surface area contributed by atoms with Gasteiger partial charge in [0.05, 0.1) is 5.69 Å². The van der Waals surface area contributed by atoms with E-state index in [1.807, 2.05) is 37.0 Å². The molecule has 7 heteroatoms. The van der Waals surface area contributed by atoms with E-state index >= 15 is 0 Å². The number of nitrogens with one attached hydrogen (secondary N) is 1. The smallest absolute Gasteiger partial charge is 0.274 e. The van der Waals surface area contributed by atoms with Gasteiger partial charge in [-0.05, 0) is 44.6 Å². The van der Waals surface area contributed by atoms with E-state index in [2.05, 4.69) is 22.1 Å². The second-order valence-corrected chi connectivity index (χ2v) is 8.08. The Morgan fingerprint density at radius 3 is 2.89 bits per heavy atom. The summed E-state index contributed by atoms with van der Waals surface area (Å²) in [4.78, 5) is 26.5. The molecule has 2 aromatic rings. The van der Waals surface area contributed by atoms with Crippen LogP contribution < -0.4 is 4.90 Å². The average Bonchev–Trinajstić information content (AvgIpc) is 3.21. The maximum absolute atomic E-state index is 13.2. The molecule has 0 bridgehead atoms. The fourth-order valence-electron chi connectivity index (χ4n) is 4.59. The van der Waals surface area contributed by atoms with E-state index in [-0.39, 0.29) is 11.3 Å². The Labute approximate surface area is 160 Å². The fraction of sp³-hybridized carbons (Fsp3) is 0.600. The van der Waals surface area contributed by atoms with Crippen LogP contribution >= 0.6 is 0 Å². The van der Waals surface area contributed by atoms with E-state index in [0.717, 1.165) is 68.1 Å². The van der Waals surface area contributed by atoms with Crippen LogP contribution in [0.1, 0.15) is 59.2 Å². The van der Waals surface area contributed by atoms with Gasteiger partial charge >= 0.3 is 0 Å². The first-order valence-electron chi connectivity index (χ1n) is 9.82. The lowest BCUT2D eigenvalue weighted by molar-refractivity contribution is 0.0626. The number of aromatic nitrogens is 4. The Morgan fingerprint density at radius 1 is 1.37 bits per heavy atom. The summed E-state index contributed by atoms with van der Waals surface area (Å²) < 4.78 is 0. The lowest BCUT2D eigenvalue weighted by atomic mass is 9.77. The lowest BCUT2D eigenvalue weighted by Gasteiger charge is -2.40. The summed E-state index contributed by atoms with van der Waals surface area (Å²) in [6.07, 6.45) is 6.93. The first kappa shape index (κ1) is 17.9. The Kier molecular flexibility index (Phi) is 4.40. The standard InChI is InChI=1S/C20H28N6O/c1-5-15-13(2)16(24-23-15)18(27)26-10-6-8-20(12-26)9-7-14-11-21-19(25(3)4)22-17(14)20/h11H,5-10,12H2,1-4H3,(H,23,24). The number of nitrogens with zero attached hydrogens (tertiary/aromatic N) is 5. The van der Waals surface area contributed by atoms with Crippen molar-refractivity contribution in [2.24, 2.45) is 0 Å². The van der Waals surface area contributed by atoms with Crippen molar-refractivity contribution in [3.05, 3.63) is 34.4 Å². The van der Waals surface area contributed by atoms with Crippen LogP contribution in [0.5, 0.6) is 0 Å². The zero-order valence-corrected chi connectivity index (χ0v) is 16.7. The van der Waals surface area contributed by atoms with Crippen LogP contribution in [0.15, 0.2) is 6.20 Å². The zero-order chi connectivity index (χ0) is 19.2. The number of rotatable bonds is 3. The Morgan fingerprint density at radius 2 is 2.19 bits per heavy atom. The summed E-state index contributed by atoms with van der Waals surface area (Å²) in [5.41, 5.74) is 4.92. The maximum Gasteiger partial charge on any atom is 0.274 e. The van der Waals surface area contributed by atoms with Crippen LogP contribution in [-0.4, -0.2) is 58.2 Å². The minimum absolute atomic E-state index is 0.0397. The molecule has 27 heavy (non-hydrogen) atoms. The van der Waals surface area contributed by atoms with Crippen LogP contribution in [0.3, 0.4) is 0 Å². The molecule has 7 nitrogen and oxygen atoms in total. The zero-order valence-electron chi connectivity index (χ0n) is 16.7. The Balaban J connectivity index is 1.63. The van der Waals surface area contributed by atoms with E-state index < -0.39 is 0 Å². The second kappa shape index (κ2) is 6.62. The van der Waals surface area contributed by atoms with E-state index in [0.29, 0.717) is 5.69 Å². The highest BCUT2D eigenvalue weighted by Crippen LogP contribution is 2.44. The summed E-state index contributed by atoms with van der Waals surface area (Å²) in [7, 11) is 3.93. The molecule has 0 aromatic carbocycles. The van der Waals surface area contributed by atoms with E-state index in [4.69, 9.17) is 4.98 Å². The van der Waals surface area contributed by atoms with Gasteiger partial charge in [0.2, 0.25) is 5.95 Å². The molecule has 4 rings (SSSR count). The van der Waals surface area contributed by atoms with Gasteiger partial charge in [0.15, 0.2) is 5.69 Å². The summed E-state index contributed by atoms with van der Waals surface area (Å²) >= 11 is 0. The molecule has 0 radical (unpaired) electrons. The number of likely N-dealkylation sites (tertiary alicyclic amines) is 1. The fourth-order valence-corrected chi connectivity index (χ4v) is 4.59. The molecule has 1 saturated heterocycles. The van der Waals surface area contributed by atoms with Gasteiger partial charge in [-0.1, -0.05) is 6.92 Å². The number of fused-ring (bicyclic) bond motifs is 2. The predicted octanol–water partition coefficient (Wildman–Crippen LogP) is 2.26. The van der Waals surface area contributed by atoms with Crippen molar-refractivity contribution in [1.29, 1.82) is 0 Å². The SMILES string of the molecule is CCc1[nH]nc(C(=O)N2CCCC3(CCc4cnc(N(C)C)nc43)C2)c1C. The number of hydrogen-bond donors (Lipinski definition) is 1. The topological polar surface area (TPSA) is 78.0 Å². The third kappa shape index (κ3) is 2.89. The lowest BCUT2D eigenvalue weighted by Crippen LogP contribution is -2.48. The van der Waals surface area contributed by atoms with Gasteiger partial charge in [-0.25, -0.2) is 9.97 Å². The van der Waals surface area contributed by atoms with Gasteiger partial charge < -0.3 is 9.80 Å². The van der Waals surface area contributed by atoms with Crippen molar-refractivity contribution >= 4 is 11.9 Å². The molecule has 3 heterocycles. The van der Waals surface area contributed by atoms with Crippen molar-refractivity contribution in [2.75, 3.05) is 32.1 Å². The maximum atomic E-state index is 13.2. The molecule has 144 valence electrons. The number of anilines is 1. The molecule has 1 atom stereocenters. The highest BCUT2D eigenvalue weighted by atomic mass is 16.2. The molecule has 0 saturated carbocycles. The van der Waals surface area contributed by atoms with E-state index in [1.54, 1.807) is 0 Å². The molecule has 1 N–H and O–H groups in total. The summed E-state index contributed by atoms with van der Waals surface area (Å²) in [5, 5.41) is 7.33. The number of carbonyl (C=O) groups is 1.